The Kier molecular flexibility index (Phi) is 8.65. The third kappa shape index (κ3) is 7.49. The Morgan fingerprint density at radius 2 is 2.09 bits per heavy atom. The summed E-state index contributed by atoms with van der Waals surface area (Å²) in [6, 6.07) is 6.25. The van der Waals surface area contributed by atoms with Gasteiger partial charge in [0.25, 0.3) is 0 Å². The van der Waals surface area contributed by atoms with E-state index in [-0.39, 0.29) is 25.5 Å². The van der Waals surface area contributed by atoms with Crippen molar-refractivity contribution < 1.29 is 19.4 Å². The number of carboxylic acid groups (broad SMARTS) is 1. The number of carbonyl (C=O) groups is 2. The molecule has 0 saturated heterocycles. The van der Waals surface area contributed by atoms with Crippen molar-refractivity contribution in [2.75, 3.05) is 19.0 Å². The lowest BCUT2D eigenvalue weighted by Gasteiger charge is -2.14. The van der Waals surface area contributed by atoms with E-state index in [1.54, 1.807) is 12.1 Å². The molecular formula is C15H18ClNO4S. The number of carbonyl (C=O) groups excluding carboxylic acids is 1. The van der Waals surface area contributed by atoms with Gasteiger partial charge in [-0.1, -0.05) is 17.7 Å². The van der Waals surface area contributed by atoms with Gasteiger partial charge in [-0.2, -0.15) is 0 Å². The van der Waals surface area contributed by atoms with Crippen LogP contribution in [0.2, 0.25) is 5.02 Å². The summed E-state index contributed by atoms with van der Waals surface area (Å²) in [7, 11) is 0. The van der Waals surface area contributed by atoms with E-state index < -0.39 is 12.0 Å². The van der Waals surface area contributed by atoms with Crippen molar-refractivity contribution in [3.05, 3.63) is 41.9 Å². The van der Waals surface area contributed by atoms with Gasteiger partial charge in [-0.3, -0.25) is 4.79 Å². The van der Waals surface area contributed by atoms with E-state index in [0.29, 0.717) is 10.8 Å². The van der Waals surface area contributed by atoms with Crippen LogP contribution in [0, 0.1) is 0 Å². The standard InChI is InChI=1S/C15H18ClNO4S/c1-2-8-21-10-13(15(19)20)17-14(18)7-9-22-12-5-3-11(16)4-6-12/h2-6,13H,1,7-10H2,(H,17,18)(H,19,20). The number of benzene rings is 1. The molecule has 22 heavy (non-hydrogen) atoms. The van der Waals surface area contributed by atoms with E-state index in [9.17, 15) is 9.59 Å². The van der Waals surface area contributed by atoms with Crippen molar-refractivity contribution in [1.82, 2.24) is 5.32 Å². The van der Waals surface area contributed by atoms with Crippen molar-refractivity contribution in [2.24, 2.45) is 0 Å². The maximum atomic E-state index is 11.8. The third-order valence-electron chi connectivity index (χ3n) is 2.57. The van der Waals surface area contributed by atoms with E-state index in [1.807, 2.05) is 12.1 Å². The van der Waals surface area contributed by atoms with Crippen molar-refractivity contribution in [1.29, 1.82) is 0 Å². The van der Waals surface area contributed by atoms with Gasteiger partial charge in [0, 0.05) is 22.1 Å². The van der Waals surface area contributed by atoms with E-state index in [0.717, 1.165) is 4.90 Å². The summed E-state index contributed by atoms with van der Waals surface area (Å²) in [6.07, 6.45) is 1.74. The molecule has 0 aromatic heterocycles. The second-order valence-electron chi connectivity index (χ2n) is 4.34. The van der Waals surface area contributed by atoms with Gasteiger partial charge >= 0.3 is 5.97 Å². The minimum Gasteiger partial charge on any atom is -0.480 e. The van der Waals surface area contributed by atoms with Crippen LogP contribution in [0.3, 0.4) is 0 Å². The number of rotatable bonds is 10. The summed E-state index contributed by atoms with van der Waals surface area (Å²) in [5.41, 5.74) is 0. The monoisotopic (exact) mass is 343 g/mol. The smallest absolute Gasteiger partial charge is 0.328 e. The van der Waals surface area contributed by atoms with Gasteiger partial charge in [0.15, 0.2) is 6.04 Å². The maximum absolute atomic E-state index is 11.8. The molecule has 0 saturated carbocycles. The van der Waals surface area contributed by atoms with Gasteiger partial charge in [-0.25, -0.2) is 4.79 Å². The van der Waals surface area contributed by atoms with E-state index in [4.69, 9.17) is 21.4 Å². The van der Waals surface area contributed by atoms with E-state index in [1.165, 1.54) is 17.8 Å². The first-order valence-corrected chi connectivity index (χ1v) is 7.98. The summed E-state index contributed by atoms with van der Waals surface area (Å²) < 4.78 is 5.06. The van der Waals surface area contributed by atoms with Crippen LogP contribution in [0.5, 0.6) is 0 Å². The Labute approximate surface area is 138 Å². The van der Waals surface area contributed by atoms with Crippen LogP contribution in [0.15, 0.2) is 41.8 Å². The zero-order valence-electron chi connectivity index (χ0n) is 12.0. The Bertz CT molecular complexity index is 507. The molecule has 2 N–H and O–H groups in total. The molecule has 1 unspecified atom stereocenters. The summed E-state index contributed by atoms with van der Waals surface area (Å²) in [5.74, 6) is -0.897. The fraction of sp³-hybridized carbons (Fsp3) is 0.333. The fourth-order valence-corrected chi connectivity index (χ4v) is 2.48. The molecular weight excluding hydrogens is 326 g/mol. The topological polar surface area (TPSA) is 75.6 Å². The van der Waals surface area contributed by atoms with Gasteiger partial charge in [0.1, 0.15) is 0 Å². The lowest BCUT2D eigenvalue weighted by Crippen LogP contribution is -2.44. The summed E-state index contributed by atoms with van der Waals surface area (Å²) >= 11 is 7.29. The quantitative estimate of drug-likeness (QED) is 0.388. The number of amides is 1. The molecule has 1 aromatic carbocycles. The molecule has 1 rings (SSSR count). The zero-order chi connectivity index (χ0) is 16.4. The average Bonchev–Trinajstić information content (AvgIpc) is 2.48. The van der Waals surface area contributed by atoms with Crippen LogP contribution in [0.25, 0.3) is 0 Å². The highest BCUT2D eigenvalue weighted by molar-refractivity contribution is 7.99. The molecule has 1 aromatic rings. The molecule has 0 radical (unpaired) electrons. The first-order chi connectivity index (χ1) is 10.5. The van der Waals surface area contributed by atoms with Crippen molar-refractivity contribution in [3.8, 4) is 0 Å². The van der Waals surface area contributed by atoms with Crippen molar-refractivity contribution in [2.45, 2.75) is 17.4 Å². The number of thioether (sulfide) groups is 1. The summed E-state index contributed by atoms with van der Waals surface area (Å²) in [6.45, 7) is 3.62. The number of halogens is 1. The van der Waals surface area contributed by atoms with Crippen LogP contribution in [0.4, 0.5) is 0 Å². The highest BCUT2D eigenvalue weighted by Crippen LogP contribution is 2.20. The van der Waals surface area contributed by atoms with Crippen molar-refractivity contribution >= 4 is 35.2 Å². The lowest BCUT2D eigenvalue weighted by molar-refractivity contribution is -0.143. The molecule has 5 nitrogen and oxygen atoms in total. The van der Waals surface area contributed by atoms with Crippen LogP contribution < -0.4 is 5.32 Å². The third-order valence-corrected chi connectivity index (χ3v) is 3.83. The number of carboxylic acids is 1. The molecule has 0 aliphatic carbocycles. The SMILES string of the molecule is C=CCOCC(NC(=O)CCSc1ccc(Cl)cc1)C(=O)O. The summed E-state index contributed by atoms with van der Waals surface area (Å²) in [4.78, 5) is 23.8. The number of hydrogen-bond acceptors (Lipinski definition) is 4. The van der Waals surface area contributed by atoms with Gasteiger partial charge in [0.05, 0.1) is 13.2 Å². The Hall–Kier alpha value is -1.50. The molecule has 0 fully saturated rings. The first-order valence-electron chi connectivity index (χ1n) is 6.62. The first kappa shape index (κ1) is 18.5. The molecule has 7 heteroatoms. The summed E-state index contributed by atoms with van der Waals surface area (Å²) in [5, 5.41) is 12.1. The molecule has 1 atom stereocenters. The van der Waals surface area contributed by atoms with Gasteiger partial charge < -0.3 is 15.2 Å². The number of nitrogens with one attached hydrogen (secondary N) is 1. The zero-order valence-corrected chi connectivity index (χ0v) is 13.5. The maximum Gasteiger partial charge on any atom is 0.328 e. The van der Waals surface area contributed by atoms with Gasteiger partial charge in [0.2, 0.25) is 5.91 Å². The highest BCUT2D eigenvalue weighted by Gasteiger charge is 2.19. The average molecular weight is 344 g/mol. The van der Waals surface area contributed by atoms with Crippen LogP contribution in [-0.4, -0.2) is 42.0 Å². The fourth-order valence-electron chi connectivity index (χ4n) is 1.50. The highest BCUT2D eigenvalue weighted by atomic mass is 35.5. The van der Waals surface area contributed by atoms with Gasteiger partial charge in [-0.15, -0.1) is 18.3 Å². The number of hydrogen-bond donors (Lipinski definition) is 2. The van der Waals surface area contributed by atoms with Crippen LogP contribution in [0.1, 0.15) is 6.42 Å². The second-order valence-corrected chi connectivity index (χ2v) is 5.94. The van der Waals surface area contributed by atoms with Crippen molar-refractivity contribution in [3.63, 3.8) is 0 Å². The van der Waals surface area contributed by atoms with Crippen LogP contribution >= 0.6 is 23.4 Å². The Morgan fingerprint density at radius 1 is 1.41 bits per heavy atom. The molecule has 0 aliphatic heterocycles. The lowest BCUT2D eigenvalue weighted by atomic mass is 10.3. The Morgan fingerprint density at radius 3 is 2.68 bits per heavy atom. The molecule has 1 amide bonds. The molecule has 120 valence electrons. The predicted octanol–water partition coefficient (Wildman–Crippen LogP) is 2.59. The number of ether oxygens (including phenoxy) is 1. The largest absolute Gasteiger partial charge is 0.480 e. The van der Waals surface area contributed by atoms with Crippen LogP contribution in [-0.2, 0) is 14.3 Å². The van der Waals surface area contributed by atoms with Gasteiger partial charge in [-0.05, 0) is 24.3 Å². The number of aliphatic carboxylic acids is 1. The Balaban J connectivity index is 2.32. The predicted molar refractivity (Wildman–Crippen MR) is 87.4 cm³/mol. The second kappa shape index (κ2) is 10.3. The van der Waals surface area contributed by atoms with E-state index >= 15 is 0 Å². The van der Waals surface area contributed by atoms with E-state index in [2.05, 4.69) is 11.9 Å². The molecule has 0 heterocycles. The normalized spacial score (nSPS) is 11.7. The molecule has 0 spiro atoms. The molecule has 0 aliphatic rings. The molecule has 0 bridgehead atoms. The minimum absolute atomic E-state index is 0.0859. The minimum atomic E-state index is -1.12.